The third-order valence-corrected chi connectivity index (χ3v) is 4.26. The number of nitrogens with two attached hydrogens (primary N) is 1. The Kier molecular flexibility index (Phi) is 6.09. The maximum absolute atomic E-state index is 6.05. The number of hydrogen-bond donors (Lipinski definition) is 1. The van der Waals surface area contributed by atoms with Gasteiger partial charge < -0.3 is 10.6 Å². The zero-order chi connectivity index (χ0) is 12.8. The van der Waals surface area contributed by atoms with E-state index in [4.69, 9.17) is 5.73 Å². The molecule has 1 unspecified atom stereocenters. The number of nitrogens with zero attached hydrogens (tertiary/aromatic N) is 2. The van der Waals surface area contributed by atoms with E-state index in [0.717, 1.165) is 25.9 Å². The first-order valence-corrected chi connectivity index (χ1v) is 7.21. The first-order valence-electron chi connectivity index (χ1n) is 6.33. The molecule has 98 valence electrons. The number of hydrogen-bond acceptors (Lipinski definition) is 4. The summed E-state index contributed by atoms with van der Waals surface area (Å²) >= 11 is 1.76. The van der Waals surface area contributed by atoms with Crippen molar-refractivity contribution in [2.45, 2.75) is 39.7 Å². The predicted octanol–water partition coefficient (Wildman–Crippen LogP) is 2.30. The maximum atomic E-state index is 6.05. The number of aryl methyl sites for hydroxylation is 1. The molecule has 1 atom stereocenters. The van der Waals surface area contributed by atoms with Crippen molar-refractivity contribution in [3.05, 3.63) is 16.1 Å². The lowest BCUT2D eigenvalue weighted by molar-refractivity contribution is 0.306. The van der Waals surface area contributed by atoms with Crippen molar-refractivity contribution >= 4 is 11.3 Å². The molecule has 1 aromatic heterocycles. The topological polar surface area (TPSA) is 42.2 Å². The highest BCUT2D eigenvalue weighted by atomic mass is 32.1. The van der Waals surface area contributed by atoms with Gasteiger partial charge in [-0.2, -0.15) is 0 Å². The normalized spacial score (nSPS) is 13.6. The van der Waals surface area contributed by atoms with Gasteiger partial charge in [-0.25, -0.2) is 4.98 Å². The quantitative estimate of drug-likeness (QED) is 0.813. The number of likely N-dealkylation sites (N-methyl/N-ethyl adjacent to an activating group) is 1. The molecule has 0 fully saturated rings. The molecular formula is C13H25N3S. The Morgan fingerprint density at radius 2 is 2.12 bits per heavy atom. The molecule has 0 aromatic carbocycles. The van der Waals surface area contributed by atoms with Crippen molar-refractivity contribution in [3.63, 3.8) is 0 Å². The monoisotopic (exact) mass is 255 g/mol. The Hall–Kier alpha value is -0.450. The number of thiazole rings is 1. The van der Waals surface area contributed by atoms with E-state index in [1.165, 1.54) is 10.6 Å². The molecule has 1 aromatic rings. The third-order valence-electron chi connectivity index (χ3n) is 3.27. The van der Waals surface area contributed by atoms with Crippen LogP contribution in [0.4, 0.5) is 0 Å². The van der Waals surface area contributed by atoms with Crippen molar-refractivity contribution in [1.82, 2.24) is 9.88 Å². The van der Waals surface area contributed by atoms with E-state index >= 15 is 0 Å². The molecular weight excluding hydrogens is 230 g/mol. The molecule has 0 aliphatic carbocycles. The predicted molar refractivity (Wildman–Crippen MR) is 75.5 cm³/mol. The van der Waals surface area contributed by atoms with E-state index < -0.39 is 0 Å². The summed E-state index contributed by atoms with van der Waals surface area (Å²) in [5, 5.41) is 0. The van der Waals surface area contributed by atoms with Crippen LogP contribution in [0.3, 0.4) is 0 Å². The Morgan fingerprint density at radius 3 is 2.65 bits per heavy atom. The molecule has 1 rings (SSSR count). The molecule has 0 spiro atoms. The molecule has 4 heteroatoms. The van der Waals surface area contributed by atoms with E-state index in [2.05, 4.69) is 37.7 Å². The van der Waals surface area contributed by atoms with Crippen LogP contribution in [0, 0.1) is 12.8 Å². The molecule has 0 aliphatic rings. The van der Waals surface area contributed by atoms with Gasteiger partial charge in [-0.1, -0.05) is 13.8 Å². The Morgan fingerprint density at radius 1 is 1.41 bits per heavy atom. The fourth-order valence-electron chi connectivity index (χ4n) is 1.67. The van der Waals surface area contributed by atoms with Gasteiger partial charge in [0.05, 0.1) is 11.2 Å². The van der Waals surface area contributed by atoms with Gasteiger partial charge in [0.25, 0.3) is 0 Å². The fourth-order valence-corrected chi connectivity index (χ4v) is 2.44. The van der Waals surface area contributed by atoms with Crippen LogP contribution >= 0.6 is 11.3 Å². The minimum Gasteiger partial charge on any atom is -0.327 e. The molecule has 2 N–H and O–H groups in total. The SMILES string of the molecule is Cc1ncsc1CCN(C)CCC(N)C(C)C. The van der Waals surface area contributed by atoms with Gasteiger partial charge in [-0.15, -0.1) is 11.3 Å². The first-order chi connectivity index (χ1) is 8.00. The molecule has 0 saturated carbocycles. The van der Waals surface area contributed by atoms with Crippen molar-refractivity contribution < 1.29 is 0 Å². The minimum absolute atomic E-state index is 0.322. The van der Waals surface area contributed by atoms with Gasteiger partial charge in [0, 0.05) is 17.5 Å². The molecule has 0 aliphatic heterocycles. The van der Waals surface area contributed by atoms with Gasteiger partial charge in [0.2, 0.25) is 0 Å². The van der Waals surface area contributed by atoms with Crippen LogP contribution in [-0.2, 0) is 6.42 Å². The highest BCUT2D eigenvalue weighted by Gasteiger charge is 2.09. The zero-order valence-electron chi connectivity index (χ0n) is 11.4. The summed E-state index contributed by atoms with van der Waals surface area (Å²) < 4.78 is 0. The van der Waals surface area contributed by atoms with Crippen LogP contribution in [0.5, 0.6) is 0 Å². The third kappa shape index (κ3) is 5.15. The average Bonchev–Trinajstić information content (AvgIpc) is 2.68. The van der Waals surface area contributed by atoms with Crippen molar-refractivity contribution in [2.24, 2.45) is 11.7 Å². The molecule has 3 nitrogen and oxygen atoms in total. The summed E-state index contributed by atoms with van der Waals surface area (Å²) in [6.07, 6.45) is 2.18. The van der Waals surface area contributed by atoms with E-state index in [1.54, 1.807) is 11.3 Å². The lowest BCUT2D eigenvalue weighted by Gasteiger charge is -2.21. The van der Waals surface area contributed by atoms with Crippen LogP contribution in [0.15, 0.2) is 5.51 Å². The van der Waals surface area contributed by atoms with E-state index in [9.17, 15) is 0 Å². The van der Waals surface area contributed by atoms with Crippen LogP contribution in [0.1, 0.15) is 30.8 Å². The largest absolute Gasteiger partial charge is 0.327 e. The van der Waals surface area contributed by atoms with Crippen LogP contribution in [0.25, 0.3) is 0 Å². The average molecular weight is 255 g/mol. The molecule has 0 radical (unpaired) electrons. The molecule has 0 amide bonds. The van der Waals surface area contributed by atoms with Crippen LogP contribution < -0.4 is 5.73 Å². The summed E-state index contributed by atoms with van der Waals surface area (Å²) in [5.74, 6) is 0.576. The van der Waals surface area contributed by atoms with Crippen molar-refractivity contribution in [1.29, 1.82) is 0 Å². The second-order valence-corrected chi connectivity index (χ2v) is 6.05. The van der Waals surface area contributed by atoms with E-state index in [-0.39, 0.29) is 0 Å². The van der Waals surface area contributed by atoms with Gasteiger partial charge >= 0.3 is 0 Å². The lowest BCUT2D eigenvalue weighted by atomic mass is 10.0. The summed E-state index contributed by atoms with van der Waals surface area (Å²) in [6, 6.07) is 0.322. The van der Waals surface area contributed by atoms with E-state index in [0.29, 0.717) is 12.0 Å². The van der Waals surface area contributed by atoms with Gasteiger partial charge in [0.1, 0.15) is 0 Å². The molecule has 17 heavy (non-hydrogen) atoms. The van der Waals surface area contributed by atoms with Gasteiger partial charge in [0.15, 0.2) is 0 Å². The first kappa shape index (κ1) is 14.6. The number of rotatable bonds is 7. The zero-order valence-corrected chi connectivity index (χ0v) is 12.3. The smallest absolute Gasteiger partial charge is 0.0797 e. The minimum atomic E-state index is 0.322. The Balaban J connectivity index is 2.22. The number of aromatic nitrogens is 1. The van der Waals surface area contributed by atoms with Gasteiger partial charge in [-0.3, -0.25) is 0 Å². The Labute approximate surface area is 109 Å². The summed E-state index contributed by atoms with van der Waals surface area (Å²) in [5.41, 5.74) is 9.16. The van der Waals surface area contributed by atoms with E-state index in [1.807, 2.05) is 5.51 Å². The highest BCUT2D eigenvalue weighted by molar-refractivity contribution is 7.09. The second kappa shape index (κ2) is 7.09. The van der Waals surface area contributed by atoms with Crippen molar-refractivity contribution in [2.75, 3.05) is 20.1 Å². The fraction of sp³-hybridized carbons (Fsp3) is 0.769. The van der Waals surface area contributed by atoms with Crippen LogP contribution in [-0.4, -0.2) is 36.1 Å². The summed E-state index contributed by atoms with van der Waals surface area (Å²) in [4.78, 5) is 8.04. The Bertz CT molecular complexity index is 322. The summed E-state index contributed by atoms with van der Waals surface area (Å²) in [7, 11) is 2.17. The second-order valence-electron chi connectivity index (χ2n) is 5.11. The molecule has 0 bridgehead atoms. The maximum Gasteiger partial charge on any atom is 0.0797 e. The molecule has 0 saturated heterocycles. The van der Waals surface area contributed by atoms with Crippen LogP contribution in [0.2, 0.25) is 0 Å². The van der Waals surface area contributed by atoms with Crippen molar-refractivity contribution in [3.8, 4) is 0 Å². The molecule has 1 heterocycles. The standard InChI is InChI=1S/C13H25N3S/c1-10(2)12(14)5-7-16(4)8-6-13-11(3)15-9-17-13/h9-10,12H,5-8,14H2,1-4H3. The lowest BCUT2D eigenvalue weighted by Crippen LogP contribution is -2.32. The highest BCUT2D eigenvalue weighted by Crippen LogP contribution is 2.13. The summed E-state index contributed by atoms with van der Waals surface area (Å²) in [6.45, 7) is 8.63. The van der Waals surface area contributed by atoms with Gasteiger partial charge in [-0.05, 0) is 39.3 Å².